The molecule has 0 bridgehead atoms. The molecule has 8 nitrogen and oxygen atoms in total. The van der Waals surface area contributed by atoms with Crippen molar-refractivity contribution < 1.29 is 9.59 Å². The van der Waals surface area contributed by atoms with E-state index in [9.17, 15) is 14.4 Å². The lowest BCUT2D eigenvalue weighted by Gasteiger charge is -2.10. The molecule has 2 heterocycles. The SMILES string of the molecule is CCn1nc(C(=O)NNC(=O)/C=C/c2cc(C)n(C3CC3)c2C)c2ccccc2c1=O. The highest BCUT2D eigenvalue weighted by Gasteiger charge is 2.26. The number of rotatable bonds is 5. The maximum atomic E-state index is 12.7. The molecule has 2 N–H and O–H groups in total. The first-order chi connectivity index (χ1) is 14.9. The maximum Gasteiger partial charge on any atom is 0.290 e. The Bertz CT molecular complexity index is 1260. The summed E-state index contributed by atoms with van der Waals surface area (Å²) in [5.74, 6) is -1.05. The van der Waals surface area contributed by atoms with Gasteiger partial charge < -0.3 is 4.57 Å². The van der Waals surface area contributed by atoms with E-state index in [-0.39, 0.29) is 11.3 Å². The Morgan fingerprint density at radius 2 is 1.87 bits per heavy atom. The Balaban J connectivity index is 1.47. The highest BCUT2D eigenvalue weighted by atomic mass is 16.2. The van der Waals surface area contributed by atoms with Gasteiger partial charge in [-0.2, -0.15) is 5.10 Å². The van der Waals surface area contributed by atoms with Gasteiger partial charge in [0.25, 0.3) is 17.4 Å². The van der Waals surface area contributed by atoms with Crippen molar-refractivity contribution in [2.75, 3.05) is 0 Å². The second-order valence-corrected chi connectivity index (χ2v) is 7.72. The average Bonchev–Trinajstić information content (AvgIpc) is 3.56. The van der Waals surface area contributed by atoms with Crippen molar-refractivity contribution in [1.29, 1.82) is 0 Å². The van der Waals surface area contributed by atoms with Gasteiger partial charge in [-0.25, -0.2) is 4.68 Å². The van der Waals surface area contributed by atoms with E-state index in [2.05, 4.69) is 33.5 Å². The predicted molar refractivity (Wildman–Crippen MR) is 118 cm³/mol. The predicted octanol–water partition coefficient (Wildman–Crippen LogP) is 2.64. The van der Waals surface area contributed by atoms with E-state index in [1.807, 2.05) is 6.92 Å². The van der Waals surface area contributed by atoms with E-state index < -0.39 is 11.8 Å². The van der Waals surface area contributed by atoms with E-state index in [1.165, 1.54) is 29.3 Å². The minimum Gasteiger partial charge on any atom is -0.346 e. The fourth-order valence-corrected chi connectivity index (χ4v) is 3.87. The molecule has 0 spiro atoms. The van der Waals surface area contributed by atoms with Crippen molar-refractivity contribution in [2.24, 2.45) is 0 Å². The van der Waals surface area contributed by atoms with Crippen LogP contribution in [-0.2, 0) is 11.3 Å². The number of nitrogens with zero attached hydrogens (tertiary/aromatic N) is 3. The lowest BCUT2D eigenvalue weighted by molar-refractivity contribution is -0.117. The molecule has 2 amide bonds. The van der Waals surface area contributed by atoms with Gasteiger partial charge in [0.1, 0.15) is 0 Å². The molecule has 3 aromatic rings. The summed E-state index contributed by atoms with van der Waals surface area (Å²) in [6, 6.07) is 9.41. The molecule has 8 heteroatoms. The van der Waals surface area contributed by atoms with Crippen molar-refractivity contribution in [3.8, 4) is 0 Å². The maximum absolute atomic E-state index is 12.7. The zero-order valence-electron chi connectivity index (χ0n) is 17.8. The van der Waals surface area contributed by atoms with Gasteiger partial charge in [-0.3, -0.25) is 25.2 Å². The first kappa shape index (κ1) is 20.6. The fraction of sp³-hybridized carbons (Fsp3) is 0.304. The lowest BCUT2D eigenvalue weighted by atomic mass is 10.1. The number of fused-ring (bicyclic) bond motifs is 1. The molecule has 0 saturated heterocycles. The van der Waals surface area contributed by atoms with Gasteiger partial charge in [0, 0.05) is 35.4 Å². The van der Waals surface area contributed by atoms with Gasteiger partial charge in [0.05, 0.1) is 5.39 Å². The Labute approximate surface area is 179 Å². The summed E-state index contributed by atoms with van der Waals surface area (Å²) < 4.78 is 3.54. The summed E-state index contributed by atoms with van der Waals surface area (Å²) in [6.45, 7) is 6.22. The summed E-state index contributed by atoms with van der Waals surface area (Å²) in [7, 11) is 0. The molecular formula is C23H25N5O3. The second-order valence-electron chi connectivity index (χ2n) is 7.72. The minimum absolute atomic E-state index is 0.0781. The van der Waals surface area contributed by atoms with Crippen molar-refractivity contribution in [2.45, 2.75) is 46.2 Å². The van der Waals surface area contributed by atoms with Crippen LogP contribution in [0.4, 0.5) is 0 Å². The number of hydrogen-bond donors (Lipinski definition) is 2. The molecule has 0 aliphatic heterocycles. The summed E-state index contributed by atoms with van der Waals surface area (Å²) in [6.07, 6.45) is 5.52. The van der Waals surface area contributed by atoms with Crippen LogP contribution in [0.1, 0.15) is 53.2 Å². The fourth-order valence-electron chi connectivity index (χ4n) is 3.87. The third-order valence-corrected chi connectivity index (χ3v) is 5.53. The molecule has 0 atom stereocenters. The van der Waals surface area contributed by atoms with E-state index in [0.29, 0.717) is 23.4 Å². The number of amides is 2. The normalized spacial score (nSPS) is 13.6. The highest BCUT2D eigenvalue weighted by molar-refractivity contribution is 6.05. The summed E-state index contributed by atoms with van der Waals surface area (Å²) in [4.78, 5) is 37.3. The van der Waals surface area contributed by atoms with E-state index in [1.54, 1.807) is 37.3 Å². The standard InChI is InChI=1S/C23H25N5O3/c1-4-27-23(31)19-8-6-5-7-18(19)21(26-27)22(30)25-24-20(29)12-9-16-13-14(2)28(15(16)3)17-10-11-17/h5-9,12-13,17H,4,10-11H2,1-3H3,(H,24,29)(H,25,30)/b12-9+. The van der Waals surface area contributed by atoms with Crippen LogP contribution in [0.5, 0.6) is 0 Å². The molecule has 2 aromatic heterocycles. The molecule has 1 aliphatic carbocycles. The van der Waals surface area contributed by atoms with Gasteiger partial charge in [-0.05, 0) is 57.4 Å². The first-order valence-electron chi connectivity index (χ1n) is 10.4. The molecular weight excluding hydrogens is 394 g/mol. The number of aryl methyl sites for hydroxylation is 2. The van der Waals surface area contributed by atoms with Gasteiger partial charge in [-0.15, -0.1) is 0 Å². The molecule has 31 heavy (non-hydrogen) atoms. The van der Waals surface area contributed by atoms with Crippen LogP contribution in [0.15, 0.2) is 41.2 Å². The van der Waals surface area contributed by atoms with Crippen LogP contribution in [0, 0.1) is 13.8 Å². The molecule has 0 unspecified atom stereocenters. The molecule has 1 aromatic carbocycles. The number of benzene rings is 1. The van der Waals surface area contributed by atoms with Crippen LogP contribution in [0.25, 0.3) is 16.8 Å². The zero-order chi connectivity index (χ0) is 22.1. The first-order valence-corrected chi connectivity index (χ1v) is 10.4. The average molecular weight is 419 g/mol. The van der Waals surface area contributed by atoms with Gasteiger partial charge in [0.15, 0.2) is 5.69 Å². The highest BCUT2D eigenvalue weighted by Crippen LogP contribution is 2.38. The van der Waals surface area contributed by atoms with Crippen LogP contribution < -0.4 is 16.4 Å². The summed E-state index contributed by atoms with van der Waals surface area (Å²) >= 11 is 0. The van der Waals surface area contributed by atoms with Crippen molar-refractivity contribution in [3.63, 3.8) is 0 Å². The molecule has 1 aliphatic rings. The van der Waals surface area contributed by atoms with E-state index in [0.717, 1.165) is 11.3 Å². The largest absolute Gasteiger partial charge is 0.346 e. The van der Waals surface area contributed by atoms with Gasteiger partial charge >= 0.3 is 0 Å². The Hall–Kier alpha value is -3.68. The Kier molecular flexibility index (Phi) is 5.46. The molecule has 1 fully saturated rings. The third-order valence-electron chi connectivity index (χ3n) is 5.53. The Morgan fingerprint density at radius 1 is 1.16 bits per heavy atom. The number of nitrogens with one attached hydrogen (secondary N) is 2. The lowest BCUT2D eigenvalue weighted by Crippen LogP contribution is -2.42. The smallest absolute Gasteiger partial charge is 0.290 e. The van der Waals surface area contributed by atoms with Crippen LogP contribution in [0.2, 0.25) is 0 Å². The zero-order valence-corrected chi connectivity index (χ0v) is 17.8. The van der Waals surface area contributed by atoms with Crippen molar-refractivity contribution >= 4 is 28.7 Å². The summed E-state index contributed by atoms with van der Waals surface area (Å²) in [5, 5.41) is 5.00. The number of hydrazine groups is 1. The molecule has 4 rings (SSSR count). The van der Waals surface area contributed by atoms with Gasteiger partial charge in [0.2, 0.25) is 0 Å². The van der Waals surface area contributed by atoms with Crippen LogP contribution in [-0.4, -0.2) is 26.2 Å². The van der Waals surface area contributed by atoms with Crippen LogP contribution >= 0.6 is 0 Å². The minimum atomic E-state index is -0.591. The van der Waals surface area contributed by atoms with E-state index in [4.69, 9.17) is 0 Å². The number of aromatic nitrogens is 3. The van der Waals surface area contributed by atoms with Crippen LogP contribution in [0.3, 0.4) is 0 Å². The van der Waals surface area contributed by atoms with Crippen molar-refractivity contribution in [1.82, 2.24) is 25.2 Å². The number of hydrogen-bond acceptors (Lipinski definition) is 4. The van der Waals surface area contributed by atoms with Gasteiger partial charge in [-0.1, -0.05) is 18.2 Å². The van der Waals surface area contributed by atoms with Crippen molar-refractivity contribution in [3.05, 3.63) is 69.4 Å². The third kappa shape index (κ3) is 4.01. The topological polar surface area (TPSA) is 98.0 Å². The second kappa shape index (κ2) is 8.22. The monoisotopic (exact) mass is 419 g/mol. The number of carbonyl (C=O) groups excluding carboxylic acids is 2. The quantitative estimate of drug-likeness (QED) is 0.491. The molecule has 160 valence electrons. The van der Waals surface area contributed by atoms with E-state index >= 15 is 0 Å². The molecule has 1 saturated carbocycles. The Morgan fingerprint density at radius 3 is 2.55 bits per heavy atom. The summed E-state index contributed by atoms with van der Waals surface area (Å²) in [5.41, 5.74) is 7.88. The molecule has 0 radical (unpaired) electrons. The number of carbonyl (C=O) groups is 2.